The van der Waals surface area contributed by atoms with Crippen molar-refractivity contribution in [1.82, 2.24) is 30.2 Å². The Bertz CT molecular complexity index is 2330. The maximum atomic E-state index is 14.7. The number of rotatable bonds is 11. The highest BCUT2D eigenvalue weighted by atomic mass is 32.2. The van der Waals surface area contributed by atoms with Crippen LogP contribution in [0.3, 0.4) is 0 Å². The highest BCUT2D eigenvalue weighted by Crippen LogP contribution is 2.48. The number of carbonyl (C=O) groups excluding carboxylic acids is 3. The third kappa shape index (κ3) is 9.67. The maximum Gasteiger partial charge on any atom is 0.405 e. The number of hydrogen-bond donors (Lipinski definition) is 4. The van der Waals surface area contributed by atoms with Gasteiger partial charge in [0.25, 0.3) is 5.91 Å². The van der Waals surface area contributed by atoms with Gasteiger partial charge in [-0.15, -0.1) is 0 Å². The molecule has 2 aliphatic heterocycles. The molecule has 17 heteroatoms. The molecule has 4 aliphatic rings. The Balaban J connectivity index is 1.24. The fourth-order valence-corrected chi connectivity index (χ4v) is 9.73. The third-order valence-electron chi connectivity index (χ3n) is 12.3. The SMILES string of the molecule is COc1cccc(-c2cc(O[C@@H]3C[C@H]4C(=O)N[C@]5(C(=O)NS(=O)(=O)C6(C)CC6)C[C@H]5C=CCC[C@@H](C)C[C@@H](C)[C@H](NC(=O)O)C(=O)N4C3)cc(-c3ccc(OC(C)C)cc3)n2)n1. The molecule has 0 radical (unpaired) electrons. The van der Waals surface area contributed by atoms with Gasteiger partial charge >= 0.3 is 6.09 Å². The standard InChI is InChI=1S/C45H56N6O10S/c1-26(2)60-31-16-14-29(15-17-31)35-21-32(22-36(46-35)34-12-9-13-38(47-34)59-6)61-33-23-37-40(52)49-45(42(54)50-62(57,58)44(5)18-19-44)24-30(45)11-8-7-10-27(3)20-28(4)39(48-43(55)56)41(53)51(37)25-33/h8-9,11-17,21-22,26-28,30,33,37,39,48H,7,10,18-20,23-25H2,1-6H3,(H,49,52)(H,50,54)(H,55,56)/t27-,28-,30-,33-,37+,39+,45-/m1/s1. The van der Waals surface area contributed by atoms with Crippen LogP contribution < -0.4 is 29.6 Å². The molecule has 0 spiro atoms. The van der Waals surface area contributed by atoms with Crippen molar-refractivity contribution in [2.75, 3.05) is 13.7 Å². The number of benzene rings is 1. The zero-order chi connectivity index (χ0) is 44.6. The zero-order valence-electron chi connectivity index (χ0n) is 35.9. The molecular weight excluding hydrogens is 817 g/mol. The van der Waals surface area contributed by atoms with Crippen molar-refractivity contribution in [3.05, 3.63) is 66.7 Å². The van der Waals surface area contributed by atoms with E-state index in [9.17, 15) is 32.7 Å². The van der Waals surface area contributed by atoms with E-state index < -0.39 is 74.1 Å². The lowest BCUT2D eigenvalue weighted by molar-refractivity contribution is -0.142. The van der Waals surface area contributed by atoms with Crippen LogP contribution in [0.2, 0.25) is 0 Å². The van der Waals surface area contributed by atoms with E-state index >= 15 is 0 Å². The average molecular weight is 873 g/mol. The number of amides is 4. The molecule has 62 heavy (non-hydrogen) atoms. The number of ether oxygens (including phenoxy) is 3. The number of sulfonamides is 1. The van der Waals surface area contributed by atoms with E-state index in [1.807, 2.05) is 64.1 Å². The molecule has 7 atom stereocenters. The van der Waals surface area contributed by atoms with Gasteiger partial charge in [-0.05, 0) is 101 Å². The number of hydrogen-bond acceptors (Lipinski definition) is 11. The van der Waals surface area contributed by atoms with E-state index in [2.05, 4.69) is 20.3 Å². The normalized spacial score (nSPS) is 27.1. The highest BCUT2D eigenvalue weighted by molar-refractivity contribution is 7.91. The first kappa shape index (κ1) is 44.3. The van der Waals surface area contributed by atoms with Crippen LogP contribution >= 0.6 is 0 Å². The van der Waals surface area contributed by atoms with Crippen LogP contribution in [-0.2, 0) is 24.4 Å². The number of pyridine rings is 2. The Morgan fingerprint density at radius 3 is 2.39 bits per heavy atom. The number of fused-ring (bicyclic) bond motifs is 2. The number of methoxy groups -OCH3 is 1. The number of aromatic nitrogens is 2. The molecule has 2 aromatic heterocycles. The summed E-state index contributed by atoms with van der Waals surface area (Å²) in [5.41, 5.74) is 0.689. The Morgan fingerprint density at radius 2 is 1.71 bits per heavy atom. The molecule has 332 valence electrons. The molecule has 4 amide bonds. The minimum Gasteiger partial charge on any atom is -0.491 e. The van der Waals surface area contributed by atoms with Crippen LogP contribution in [0.1, 0.15) is 79.6 Å². The number of nitrogens with zero attached hydrogens (tertiary/aromatic N) is 3. The topological polar surface area (TPSA) is 215 Å². The van der Waals surface area contributed by atoms with Gasteiger partial charge in [0, 0.05) is 36.1 Å². The lowest BCUT2D eigenvalue weighted by Gasteiger charge is -2.32. The van der Waals surface area contributed by atoms with Crippen LogP contribution in [-0.4, -0.2) is 100 Å². The first-order chi connectivity index (χ1) is 29.4. The maximum absolute atomic E-state index is 14.7. The number of nitrogens with one attached hydrogen (secondary N) is 3. The van der Waals surface area contributed by atoms with Crippen molar-refractivity contribution in [2.45, 2.75) is 114 Å². The lowest BCUT2D eigenvalue weighted by Crippen LogP contribution is -2.59. The minimum absolute atomic E-state index is 0.0182. The summed E-state index contributed by atoms with van der Waals surface area (Å²) < 4.78 is 45.6. The predicted octanol–water partition coefficient (Wildman–Crippen LogP) is 5.48. The molecule has 3 fully saturated rings. The molecule has 2 saturated carbocycles. The summed E-state index contributed by atoms with van der Waals surface area (Å²) in [7, 11) is -2.52. The molecule has 4 N–H and O–H groups in total. The summed E-state index contributed by atoms with van der Waals surface area (Å²) in [4.78, 5) is 66.2. The predicted molar refractivity (Wildman–Crippen MR) is 230 cm³/mol. The second-order valence-corrected chi connectivity index (χ2v) is 19.9. The first-order valence-corrected chi connectivity index (χ1v) is 22.7. The van der Waals surface area contributed by atoms with Gasteiger partial charge in [-0.3, -0.25) is 19.1 Å². The molecule has 0 unspecified atom stereocenters. The molecule has 2 aliphatic carbocycles. The van der Waals surface area contributed by atoms with Gasteiger partial charge in [0.1, 0.15) is 35.2 Å². The molecule has 0 bridgehead atoms. The van der Waals surface area contributed by atoms with E-state index in [4.69, 9.17) is 19.2 Å². The third-order valence-corrected chi connectivity index (χ3v) is 14.5. The smallest absolute Gasteiger partial charge is 0.405 e. The molecular formula is C45H56N6O10S. The molecule has 3 aromatic rings. The van der Waals surface area contributed by atoms with E-state index in [0.717, 1.165) is 12.0 Å². The van der Waals surface area contributed by atoms with Gasteiger partial charge in [-0.25, -0.2) is 23.2 Å². The molecule has 7 rings (SSSR count). The quantitative estimate of drug-likeness (QED) is 0.176. The lowest BCUT2D eigenvalue weighted by atomic mass is 9.88. The largest absolute Gasteiger partial charge is 0.491 e. The van der Waals surface area contributed by atoms with Gasteiger partial charge in [-0.1, -0.05) is 32.1 Å². The summed E-state index contributed by atoms with van der Waals surface area (Å²) in [6.45, 7) is 9.20. The van der Waals surface area contributed by atoms with Gasteiger partial charge in [-0.2, -0.15) is 0 Å². The van der Waals surface area contributed by atoms with Crippen molar-refractivity contribution in [3.8, 4) is 40.0 Å². The summed E-state index contributed by atoms with van der Waals surface area (Å²) in [5.74, 6) is -1.53. The number of allylic oxidation sites excluding steroid dienone is 1. The average Bonchev–Trinajstić information content (AvgIpc) is 4.11. The summed E-state index contributed by atoms with van der Waals surface area (Å²) in [5, 5.41) is 15.2. The highest BCUT2D eigenvalue weighted by Gasteiger charge is 2.63. The van der Waals surface area contributed by atoms with Crippen molar-refractivity contribution in [3.63, 3.8) is 0 Å². The van der Waals surface area contributed by atoms with Crippen LogP contribution in [0.15, 0.2) is 66.7 Å². The van der Waals surface area contributed by atoms with Crippen LogP contribution in [0.25, 0.3) is 22.6 Å². The Kier molecular flexibility index (Phi) is 12.6. The Hall–Kier alpha value is -5.71. The molecule has 1 saturated heterocycles. The molecule has 4 heterocycles. The summed E-state index contributed by atoms with van der Waals surface area (Å²) in [6.07, 6.45) is 4.43. The van der Waals surface area contributed by atoms with Crippen molar-refractivity contribution in [1.29, 1.82) is 0 Å². The Labute approximate surface area is 362 Å². The van der Waals surface area contributed by atoms with Crippen molar-refractivity contribution < 1.29 is 46.9 Å². The second-order valence-electron chi connectivity index (χ2n) is 17.7. The first-order valence-electron chi connectivity index (χ1n) is 21.2. The fourth-order valence-electron chi connectivity index (χ4n) is 8.42. The zero-order valence-corrected chi connectivity index (χ0v) is 36.7. The van der Waals surface area contributed by atoms with Gasteiger partial charge in [0.2, 0.25) is 27.7 Å². The van der Waals surface area contributed by atoms with E-state index in [-0.39, 0.29) is 31.4 Å². The second kappa shape index (κ2) is 17.6. The number of carboxylic acid groups (broad SMARTS) is 1. The summed E-state index contributed by atoms with van der Waals surface area (Å²) in [6, 6.07) is 13.8. The van der Waals surface area contributed by atoms with E-state index in [0.29, 0.717) is 60.1 Å². The fraction of sp³-hybridized carbons (Fsp3) is 0.511. The van der Waals surface area contributed by atoms with Gasteiger partial charge in [0.05, 0.1) is 41.6 Å². The number of carbonyl (C=O) groups is 4. The molecule has 16 nitrogen and oxygen atoms in total. The van der Waals surface area contributed by atoms with Crippen molar-refractivity contribution in [2.24, 2.45) is 17.8 Å². The molecule has 1 aromatic carbocycles. The van der Waals surface area contributed by atoms with Crippen LogP contribution in [0.4, 0.5) is 4.79 Å². The minimum atomic E-state index is -4.04. The monoisotopic (exact) mass is 872 g/mol. The van der Waals surface area contributed by atoms with Crippen LogP contribution in [0, 0.1) is 17.8 Å². The Morgan fingerprint density at radius 1 is 0.984 bits per heavy atom. The summed E-state index contributed by atoms with van der Waals surface area (Å²) >= 11 is 0. The van der Waals surface area contributed by atoms with Gasteiger partial charge < -0.3 is 34.9 Å². The van der Waals surface area contributed by atoms with Gasteiger partial charge in [0.15, 0.2) is 0 Å². The van der Waals surface area contributed by atoms with Crippen molar-refractivity contribution >= 4 is 33.8 Å². The van der Waals surface area contributed by atoms with Crippen LogP contribution in [0.5, 0.6) is 17.4 Å². The van der Waals surface area contributed by atoms with E-state index in [1.54, 1.807) is 37.3 Å². The van der Waals surface area contributed by atoms with E-state index in [1.165, 1.54) is 12.0 Å².